The molecule has 0 aromatic heterocycles. The summed E-state index contributed by atoms with van der Waals surface area (Å²) < 4.78 is 13.8. The number of hydrogen-bond acceptors (Lipinski definition) is 3. The molecular formula is C16H26FN3. The smallest absolute Gasteiger partial charge is 0.126 e. The van der Waals surface area contributed by atoms with Crippen molar-refractivity contribution in [3.63, 3.8) is 0 Å². The number of anilines is 1. The minimum atomic E-state index is -0.170. The van der Waals surface area contributed by atoms with E-state index in [0.29, 0.717) is 17.6 Å². The fraction of sp³-hybridized carbons (Fsp3) is 0.625. The summed E-state index contributed by atoms with van der Waals surface area (Å²) in [5.74, 6) is -0.170. The third kappa shape index (κ3) is 2.81. The Labute approximate surface area is 121 Å². The lowest BCUT2D eigenvalue weighted by Crippen LogP contribution is -2.55. The van der Waals surface area contributed by atoms with Crippen LogP contribution in [0.15, 0.2) is 12.1 Å². The zero-order chi connectivity index (χ0) is 15.0. The standard InChI is InChI=1S/C16H26FN3/c1-10-6-16(14(13(4)18)7-15(10)17)20-8-11(2)19(5)12(3)9-20/h6-7,11-13H,8-9,18H2,1-5H3. The van der Waals surface area contributed by atoms with Gasteiger partial charge in [0.2, 0.25) is 0 Å². The lowest BCUT2D eigenvalue weighted by molar-refractivity contribution is 0.170. The molecule has 1 aliphatic rings. The molecule has 1 heterocycles. The van der Waals surface area contributed by atoms with Crippen LogP contribution in [0.1, 0.15) is 37.9 Å². The van der Waals surface area contributed by atoms with Gasteiger partial charge in [-0.15, -0.1) is 0 Å². The summed E-state index contributed by atoms with van der Waals surface area (Å²) in [4.78, 5) is 4.74. The third-order valence-corrected chi connectivity index (χ3v) is 4.50. The van der Waals surface area contributed by atoms with Crippen molar-refractivity contribution in [3.05, 3.63) is 29.1 Å². The second-order valence-corrected chi connectivity index (χ2v) is 6.22. The summed E-state index contributed by atoms with van der Waals surface area (Å²) in [6, 6.07) is 4.34. The fourth-order valence-corrected chi connectivity index (χ4v) is 2.92. The lowest BCUT2D eigenvalue weighted by atomic mass is 10.00. The fourth-order valence-electron chi connectivity index (χ4n) is 2.92. The number of piperazine rings is 1. The zero-order valence-corrected chi connectivity index (χ0v) is 13.2. The second-order valence-electron chi connectivity index (χ2n) is 6.22. The molecule has 0 aliphatic carbocycles. The average Bonchev–Trinajstić information content (AvgIpc) is 2.37. The highest BCUT2D eigenvalue weighted by Gasteiger charge is 2.28. The lowest BCUT2D eigenvalue weighted by Gasteiger charge is -2.44. The van der Waals surface area contributed by atoms with Crippen LogP contribution in [0.3, 0.4) is 0 Å². The first kappa shape index (κ1) is 15.3. The Morgan fingerprint density at radius 2 is 1.80 bits per heavy atom. The molecule has 2 N–H and O–H groups in total. The maximum absolute atomic E-state index is 13.8. The van der Waals surface area contributed by atoms with E-state index in [4.69, 9.17) is 5.73 Å². The predicted molar refractivity (Wildman–Crippen MR) is 82.6 cm³/mol. The van der Waals surface area contributed by atoms with E-state index in [1.807, 2.05) is 19.9 Å². The van der Waals surface area contributed by atoms with Crippen molar-refractivity contribution in [2.75, 3.05) is 25.0 Å². The summed E-state index contributed by atoms with van der Waals surface area (Å²) in [6.07, 6.45) is 0. The number of aryl methyl sites for hydroxylation is 1. The van der Waals surface area contributed by atoms with Crippen LogP contribution >= 0.6 is 0 Å². The molecule has 1 saturated heterocycles. The van der Waals surface area contributed by atoms with Crippen molar-refractivity contribution < 1.29 is 4.39 Å². The summed E-state index contributed by atoms with van der Waals surface area (Å²) in [7, 11) is 2.16. The van der Waals surface area contributed by atoms with E-state index in [-0.39, 0.29) is 11.9 Å². The molecule has 2 rings (SSSR count). The molecule has 0 radical (unpaired) electrons. The van der Waals surface area contributed by atoms with Crippen LogP contribution in [0.5, 0.6) is 0 Å². The number of hydrogen-bond donors (Lipinski definition) is 1. The SMILES string of the molecule is Cc1cc(N2CC(C)N(C)C(C)C2)c(C(C)N)cc1F. The van der Waals surface area contributed by atoms with Gasteiger partial charge in [-0.1, -0.05) is 0 Å². The van der Waals surface area contributed by atoms with Gasteiger partial charge in [-0.3, -0.25) is 4.90 Å². The summed E-state index contributed by atoms with van der Waals surface area (Å²) in [6.45, 7) is 10.1. The molecule has 112 valence electrons. The highest BCUT2D eigenvalue weighted by atomic mass is 19.1. The molecule has 4 heteroatoms. The quantitative estimate of drug-likeness (QED) is 0.903. The molecule has 1 fully saturated rings. The van der Waals surface area contributed by atoms with E-state index in [9.17, 15) is 4.39 Å². The summed E-state index contributed by atoms with van der Waals surface area (Å²) in [5, 5.41) is 0. The van der Waals surface area contributed by atoms with Gasteiger partial charge in [0.25, 0.3) is 0 Å². The van der Waals surface area contributed by atoms with Gasteiger partial charge in [-0.2, -0.15) is 0 Å². The molecule has 0 amide bonds. The van der Waals surface area contributed by atoms with E-state index in [1.54, 1.807) is 6.07 Å². The number of halogens is 1. The first-order valence-electron chi connectivity index (χ1n) is 7.33. The van der Waals surface area contributed by atoms with Crippen molar-refractivity contribution >= 4 is 5.69 Å². The number of rotatable bonds is 2. The Hall–Kier alpha value is -1.13. The van der Waals surface area contributed by atoms with Gasteiger partial charge < -0.3 is 10.6 Å². The van der Waals surface area contributed by atoms with E-state index < -0.39 is 0 Å². The van der Waals surface area contributed by atoms with Gasteiger partial charge in [0.15, 0.2) is 0 Å². The molecule has 3 nitrogen and oxygen atoms in total. The summed E-state index contributed by atoms with van der Waals surface area (Å²) in [5.41, 5.74) is 8.71. The molecule has 1 aliphatic heterocycles. The van der Waals surface area contributed by atoms with Crippen LogP contribution in [0.4, 0.5) is 10.1 Å². The minimum Gasteiger partial charge on any atom is -0.368 e. The average molecular weight is 279 g/mol. The van der Waals surface area contributed by atoms with Gasteiger partial charge in [-0.05, 0) is 58.0 Å². The number of benzene rings is 1. The Bertz CT molecular complexity index is 475. The normalized spacial score (nSPS) is 25.9. The van der Waals surface area contributed by atoms with Crippen molar-refractivity contribution in [1.29, 1.82) is 0 Å². The van der Waals surface area contributed by atoms with Crippen LogP contribution < -0.4 is 10.6 Å². The minimum absolute atomic E-state index is 0.162. The van der Waals surface area contributed by atoms with Crippen LogP contribution in [0, 0.1) is 12.7 Å². The van der Waals surface area contributed by atoms with Crippen LogP contribution in [0.2, 0.25) is 0 Å². The molecule has 20 heavy (non-hydrogen) atoms. The van der Waals surface area contributed by atoms with Crippen molar-refractivity contribution in [2.24, 2.45) is 5.73 Å². The first-order chi connectivity index (χ1) is 9.31. The Kier molecular flexibility index (Phi) is 4.35. The molecule has 3 atom stereocenters. The van der Waals surface area contributed by atoms with Crippen LogP contribution in [-0.2, 0) is 0 Å². The number of nitrogens with zero attached hydrogens (tertiary/aromatic N) is 2. The van der Waals surface area contributed by atoms with Crippen molar-refractivity contribution in [3.8, 4) is 0 Å². The molecule has 0 saturated carbocycles. The predicted octanol–water partition coefficient (Wildman–Crippen LogP) is 2.68. The maximum atomic E-state index is 13.8. The van der Waals surface area contributed by atoms with Gasteiger partial charge >= 0.3 is 0 Å². The van der Waals surface area contributed by atoms with Gasteiger partial charge in [0.05, 0.1) is 0 Å². The Balaban J connectivity index is 2.39. The Morgan fingerprint density at radius 3 is 2.30 bits per heavy atom. The van der Waals surface area contributed by atoms with Gasteiger partial charge in [0.1, 0.15) is 5.82 Å². The molecular weight excluding hydrogens is 253 g/mol. The second kappa shape index (κ2) is 5.70. The molecule has 0 spiro atoms. The van der Waals surface area contributed by atoms with Crippen molar-refractivity contribution in [1.82, 2.24) is 4.90 Å². The topological polar surface area (TPSA) is 32.5 Å². The van der Waals surface area contributed by atoms with Crippen molar-refractivity contribution in [2.45, 2.75) is 45.8 Å². The van der Waals surface area contributed by atoms with Crippen LogP contribution in [-0.4, -0.2) is 37.1 Å². The van der Waals surface area contributed by atoms with E-state index in [2.05, 4.69) is 30.7 Å². The van der Waals surface area contributed by atoms with Crippen LogP contribution in [0.25, 0.3) is 0 Å². The monoisotopic (exact) mass is 279 g/mol. The van der Waals surface area contributed by atoms with E-state index in [1.165, 1.54) is 0 Å². The largest absolute Gasteiger partial charge is 0.368 e. The molecule has 0 bridgehead atoms. The molecule has 1 aromatic rings. The number of nitrogens with two attached hydrogens (primary N) is 1. The zero-order valence-electron chi connectivity index (χ0n) is 13.2. The third-order valence-electron chi connectivity index (χ3n) is 4.50. The Morgan fingerprint density at radius 1 is 1.25 bits per heavy atom. The van der Waals surface area contributed by atoms with E-state index in [0.717, 1.165) is 24.3 Å². The molecule has 1 aromatic carbocycles. The first-order valence-corrected chi connectivity index (χ1v) is 7.33. The van der Waals surface area contributed by atoms with Gasteiger partial charge in [-0.25, -0.2) is 4.39 Å². The summed E-state index contributed by atoms with van der Waals surface area (Å²) >= 11 is 0. The molecule has 3 unspecified atom stereocenters. The highest BCUT2D eigenvalue weighted by molar-refractivity contribution is 5.57. The maximum Gasteiger partial charge on any atom is 0.126 e. The van der Waals surface area contributed by atoms with Gasteiger partial charge in [0, 0.05) is 36.9 Å². The van der Waals surface area contributed by atoms with E-state index >= 15 is 0 Å². The number of likely N-dealkylation sites (N-methyl/N-ethyl adjacent to an activating group) is 1. The highest BCUT2D eigenvalue weighted by Crippen LogP contribution is 2.30.